The fourth-order valence-corrected chi connectivity index (χ4v) is 2.66. The molecule has 0 amide bonds. The van der Waals surface area contributed by atoms with Crippen molar-refractivity contribution in [1.29, 1.82) is 0 Å². The third kappa shape index (κ3) is 3.27. The second kappa shape index (κ2) is 5.40. The van der Waals surface area contributed by atoms with E-state index >= 15 is 0 Å². The lowest BCUT2D eigenvalue weighted by atomic mass is 9.85. The van der Waals surface area contributed by atoms with Crippen molar-refractivity contribution in [3.63, 3.8) is 0 Å². The molecule has 2 rings (SSSR count). The Labute approximate surface area is 122 Å². The minimum absolute atomic E-state index is 0.0803. The summed E-state index contributed by atoms with van der Waals surface area (Å²) in [7, 11) is 0. The molecular formula is C19H24O. The van der Waals surface area contributed by atoms with Gasteiger partial charge in [0.25, 0.3) is 0 Å². The normalized spacial score (nSPS) is 15.6. The molecule has 106 valence electrons. The van der Waals surface area contributed by atoms with Crippen LogP contribution in [0.4, 0.5) is 0 Å². The Bertz CT molecular complexity index is 594. The van der Waals surface area contributed by atoms with Crippen molar-refractivity contribution in [2.45, 2.75) is 52.9 Å². The van der Waals surface area contributed by atoms with Gasteiger partial charge in [0.1, 0.15) is 0 Å². The van der Waals surface area contributed by atoms with Crippen LogP contribution in [0.15, 0.2) is 47.1 Å². The van der Waals surface area contributed by atoms with E-state index in [2.05, 4.69) is 46.8 Å². The Morgan fingerprint density at radius 3 is 2.45 bits per heavy atom. The molecule has 1 aliphatic carbocycles. The van der Waals surface area contributed by atoms with Crippen LogP contribution in [0.25, 0.3) is 0 Å². The summed E-state index contributed by atoms with van der Waals surface area (Å²) in [4.78, 5) is 12.5. The van der Waals surface area contributed by atoms with Crippen LogP contribution in [0.2, 0.25) is 0 Å². The predicted octanol–water partition coefficient (Wildman–Crippen LogP) is 5.22. The Kier molecular flexibility index (Phi) is 3.99. The van der Waals surface area contributed by atoms with Gasteiger partial charge in [0.2, 0.25) is 0 Å². The Morgan fingerprint density at radius 2 is 1.90 bits per heavy atom. The zero-order valence-corrected chi connectivity index (χ0v) is 13.2. The molecular weight excluding hydrogens is 244 g/mol. The van der Waals surface area contributed by atoms with Gasteiger partial charge in [-0.15, -0.1) is 0 Å². The first-order valence-electron chi connectivity index (χ1n) is 7.27. The second-order valence-electron chi connectivity index (χ2n) is 6.88. The van der Waals surface area contributed by atoms with Crippen molar-refractivity contribution in [3.8, 4) is 0 Å². The summed E-state index contributed by atoms with van der Waals surface area (Å²) >= 11 is 0. The molecule has 0 spiro atoms. The highest BCUT2D eigenvalue weighted by molar-refractivity contribution is 5.98. The van der Waals surface area contributed by atoms with Gasteiger partial charge in [0.05, 0.1) is 0 Å². The van der Waals surface area contributed by atoms with Crippen molar-refractivity contribution in [3.05, 3.63) is 58.2 Å². The SMILES string of the molecule is CC1=CC(C)=C(CC(=O)c2cccc(C(C)(C)C)c2)C1. The molecule has 0 aliphatic heterocycles. The molecule has 1 nitrogen and oxygen atoms in total. The number of allylic oxidation sites excluding steroid dienone is 4. The van der Waals surface area contributed by atoms with Crippen molar-refractivity contribution in [2.24, 2.45) is 0 Å². The maximum absolute atomic E-state index is 12.5. The van der Waals surface area contributed by atoms with E-state index in [1.165, 1.54) is 22.3 Å². The van der Waals surface area contributed by atoms with Gasteiger partial charge in [0.15, 0.2) is 5.78 Å². The standard InChI is InChI=1S/C19H24O/c1-13-9-14(2)16(10-13)12-18(20)15-7-6-8-17(11-15)19(3,4)5/h6-9,11H,10,12H2,1-5H3. The van der Waals surface area contributed by atoms with Crippen LogP contribution in [0.3, 0.4) is 0 Å². The predicted molar refractivity (Wildman–Crippen MR) is 85.2 cm³/mol. The summed E-state index contributed by atoms with van der Waals surface area (Å²) in [5, 5.41) is 0. The number of ketones is 1. The second-order valence-corrected chi connectivity index (χ2v) is 6.88. The van der Waals surface area contributed by atoms with Crippen LogP contribution in [-0.4, -0.2) is 5.78 Å². The first kappa shape index (κ1) is 14.8. The molecule has 0 unspecified atom stereocenters. The molecule has 0 aromatic heterocycles. The van der Waals surface area contributed by atoms with Gasteiger partial charge >= 0.3 is 0 Å². The maximum atomic E-state index is 12.5. The van der Waals surface area contributed by atoms with Gasteiger partial charge in [0, 0.05) is 12.0 Å². The summed E-state index contributed by atoms with van der Waals surface area (Å²) in [5.41, 5.74) is 6.03. The van der Waals surface area contributed by atoms with Crippen molar-refractivity contribution < 1.29 is 4.79 Å². The van der Waals surface area contributed by atoms with E-state index in [0.717, 1.165) is 12.0 Å². The molecule has 1 aromatic rings. The lowest BCUT2D eigenvalue weighted by molar-refractivity contribution is 0.0992. The number of carbonyl (C=O) groups is 1. The quantitative estimate of drug-likeness (QED) is 0.686. The largest absolute Gasteiger partial charge is 0.294 e. The third-order valence-electron chi connectivity index (χ3n) is 3.94. The number of benzene rings is 1. The highest BCUT2D eigenvalue weighted by atomic mass is 16.1. The zero-order valence-electron chi connectivity index (χ0n) is 13.2. The van der Waals surface area contributed by atoms with Gasteiger partial charge < -0.3 is 0 Å². The fraction of sp³-hybridized carbons (Fsp3) is 0.421. The summed E-state index contributed by atoms with van der Waals surface area (Å²) < 4.78 is 0. The minimum atomic E-state index is 0.0803. The lowest BCUT2D eigenvalue weighted by Crippen LogP contribution is -2.12. The topological polar surface area (TPSA) is 17.1 Å². The first-order chi connectivity index (χ1) is 9.27. The summed E-state index contributed by atoms with van der Waals surface area (Å²) in [6, 6.07) is 8.08. The molecule has 1 heteroatoms. The fourth-order valence-electron chi connectivity index (χ4n) is 2.66. The molecule has 0 atom stereocenters. The van der Waals surface area contributed by atoms with Crippen molar-refractivity contribution in [1.82, 2.24) is 0 Å². The molecule has 0 heterocycles. The van der Waals surface area contributed by atoms with Gasteiger partial charge in [-0.05, 0) is 37.3 Å². The van der Waals surface area contributed by atoms with Gasteiger partial charge in [-0.2, -0.15) is 0 Å². The first-order valence-corrected chi connectivity index (χ1v) is 7.27. The van der Waals surface area contributed by atoms with Gasteiger partial charge in [-0.25, -0.2) is 0 Å². The van der Waals surface area contributed by atoms with Crippen LogP contribution in [-0.2, 0) is 5.41 Å². The summed E-state index contributed by atoms with van der Waals surface area (Å²) in [5.74, 6) is 0.230. The third-order valence-corrected chi connectivity index (χ3v) is 3.94. The lowest BCUT2D eigenvalue weighted by Gasteiger charge is -2.19. The maximum Gasteiger partial charge on any atom is 0.166 e. The molecule has 20 heavy (non-hydrogen) atoms. The highest BCUT2D eigenvalue weighted by Gasteiger charge is 2.18. The van der Waals surface area contributed by atoms with E-state index < -0.39 is 0 Å². The Morgan fingerprint density at radius 1 is 1.20 bits per heavy atom. The highest BCUT2D eigenvalue weighted by Crippen LogP contribution is 2.29. The van der Waals surface area contributed by atoms with E-state index in [1.54, 1.807) is 0 Å². The van der Waals surface area contributed by atoms with E-state index in [0.29, 0.717) is 6.42 Å². The van der Waals surface area contributed by atoms with E-state index in [4.69, 9.17) is 0 Å². The van der Waals surface area contributed by atoms with Crippen molar-refractivity contribution >= 4 is 5.78 Å². The van der Waals surface area contributed by atoms with Crippen molar-refractivity contribution in [2.75, 3.05) is 0 Å². The smallest absolute Gasteiger partial charge is 0.166 e. The molecule has 0 N–H and O–H groups in total. The number of Topliss-reactive ketones (excluding diaryl/α,β-unsaturated/α-hetero) is 1. The molecule has 0 bridgehead atoms. The van der Waals surface area contributed by atoms with E-state index in [-0.39, 0.29) is 11.2 Å². The van der Waals surface area contributed by atoms with Crippen LogP contribution < -0.4 is 0 Å². The monoisotopic (exact) mass is 268 g/mol. The van der Waals surface area contributed by atoms with Crippen LogP contribution >= 0.6 is 0 Å². The summed E-state index contributed by atoms with van der Waals surface area (Å²) in [6.07, 6.45) is 3.69. The van der Waals surface area contributed by atoms with Gasteiger partial charge in [-0.3, -0.25) is 4.79 Å². The number of hydrogen-bond acceptors (Lipinski definition) is 1. The Hall–Kier alpha value is -1.63. The number of rotatable bonds is 3. The molecule has 1 aliphatic rings. The van der Waals surface area contributed by atoms with Crippen LogP contribution in [0.1, 0.15) is 63.4 Å². The average Bonchev–Trinajstić information content (AvgIpc) is 2.67. The molecule has 0 saturated heterocycles. The summed E-state index contributed by atoms with van der Waals surface area (Å²) in [6.45, 7) is 10.8. The molecule has 0 fully saturated rings. The average molecular weight is 268 g/mol. The minimum Gasteiger partial charge on any atom is -0.294 e. The van der Waals surface area contributed by atoms with Gasteiger partial charge in [-0.1, -0.05) is 61.8 Å². The number of hydrogen-bond donors (Lipinski definition) is 0. The Balaban J connectivity index is 2.17. The number of carbonyl (C=O) groups excluding carboxylic acids is 1. The van der Waals surface area contributed by atoms with E-state index in [1.807, 2.05) is 18.2 Å². The zero-order chi connectivity index (χ0) is 14.9. The van der Waals surface area contributed by atoms with Crippen LogP contribution in [0.5, 0.6) is 0 Å². The molecule has 0 saturated carbocycles. The molecule has 1 aromatic carbocycles. The molecule has 0 radical (unpaired) electrons. The van der Waals surface area contributed by atoms with E-state index in [9.17, 15) is 4.79 Å². The van der Waals surface area contributed by atoms with Crippen LogP contribution in [0, 0.1) is 0 Å².